The van der Waals surface area contributed by atoms with Crippen molar-refractivity contribution < 1.29 is 14.3 Å². The molecule has 6 heteroatoms. The van der Waals surface area contributed by atoms with Crippen molar-refractivity contribution in [3.63, 3.8) is 0 Å². The van der Waals surface area contributed by atoms with Gasteiger partial charge in [-0.05, 0) is 50.6 Å². The molecule has 130 valence electrons. The van der Waals surface area contributed by atoms with E-state index in [0.717, 1.165) is 43.1 Å². The summed E-state index contributed by atoms with van der Waals surface area (Å²) < 4.78 is 10.6. The Hall–Kier alpha value is -1.46. The van der Waals surface area contributed by atoms with Gasteiger partial charge in [0.1, 0.15) is 11.5 Å². The smallest absolute Gasteiger partial charge is 0.227 e. The summed E-state index contributed by atoms with van der Waals surface area (Å²) in [5.74, 6) is 2.19. The van der Waals surface area contributed by atoms with Gasteiger partial charge in [0.25, 0.3) is 0 Å². The molecule has 1 aromatic carbocycles. The van der Waals surface area contributed by atoms with Gasteiger partial charge in [-0.3, -0.25) is 4.79 Å². The second-order valence-electron chi connectivity index (χ2n) is 5.76. The molecule has 0 bridgehead atoms. The topological polar surface area (TPSA) is 50.8 Å². The highest BCUT2D eigenvalue weighted by Gasteiger charge is 2.24. The average Bonchev–Trinajstić information content (AvgIpc) is 2.55. The SMILES string of the molecule is CNCC1CCCN(C(=O)Cc2cc(OC)ccc2OC)C1.Cl. The van der Waals surface area contributed by atoms with Crippen LogP contribution in [-0.4, -0.2) is 51.7 Å². The first kappa shape index (κ1) is 19.6. The standard InChI is InChI=1S/C17H26N2O3.ClH/c1-18-11-13-5-4-8-19(12-13)17(20)10-14-9-15(21-2)6-7-16(14)22-3;/h6-7,9,13,18H,4-5,8,10-12H2,1-3H3;1H. The molecule has 1 atom stereocenters. The van der Waals surface area contributed by atoms with Gasteiger partial charge in [-0.15, -0.1) is 12.4 Å². The van der Waals surface area contributed by atoms with Gasteiger partial charge >= 0.3 is 0 Å². The maximum atomic E-state index is 12.6. The van der Waals surface area contributed by atoms with E-state index in [9.17, 15) is 4.79 Å². The minimum atomic E-state index is 0. The Morgan fingerprint density at radius 2 is 2.13 bits per heavy atom. The van der Waals surface area contributed by atoms with Crippen LogP contribution >= 0.6 is 12.4 Å². The van der Waals surface area contributed by atoms with E-state index in [1.807, 2.05) is 30.1 Å². The van der Waals surface area contributed by atoms with Crippen molar-refractivity contribution in [2.45, 2.75) is 19.3 Å². The third kappa shape index (κ3) is 5.29. The largest absolute Gasteiger partial charge is 0.497 e. The Bertz CT molecular complexity index is 509. The number of benzene rings is 1. The van der Waals surface area contributed by atoms with E-state index in [-0.39, 0.29) is 18.3 Å². The van der Waals surface area contributed by atoms with Crippen LogP contribution in [0.1, 0.15) is 18.4 Å². The zero-order chi connectivity index (χ0) is 15.9. The number of amides is 1. The molecule has 1 aliphatic rings. The predicted octanol–water partition coefficient (Wildman–Crippen LogP) is 2.13. The number of halogens is 1. The molecule has 0 aromatic heterocycles. The molecule has 0 aliphatic carbocycles. The van der Waals surface area contributed by atoms with E-state index in [2.05, 4.69) is 5.32 Å². The van der Waals surface area contributed by atoms with Gasteiger partial charge in [0.2, 0.25) is 5.91 Å². The molecule has 5 nitrogen and oxygen atoms in total. The summed E-state index contributed by atoms with van der Waals surface area (Å²) in [6.07, 6.45) is 2.62. The number of piperidine rings is 1. The molecule has 1 aromatic rings. The molecule has 1 fully saturated rings. The number of carbonyl (C=O) groups excluding carboxylic acids is 1. The number of nitrogens with one attached hydrogen (secondary N) is 1. The van der Waals surface area contributed by atoms with Crippen molar-refractivity contribution in [2.75, 3.05) is 40.9 Å². The number of rotatable bonds is 6. The fourth-order valence-corrected chi connectivity index (χ4v) is 3.04. The van der Waals surface area contributed by atoms with Gasteiger partial charge in [-0.1, -0.05) is 0 Å². The van der Waals surface area contributed by atoms with E-state index in [1.165, 1.54) is 6.42 Å². The van der Waals surface area contributed by atoms with Gasteiger partial charge in [0.05, 0.1) is 20.6 Å². The third-order valence-electron chi connectivity index (χ3n) is 4.19. The first-order chi connectivity index (χ1) is 10.7. The molecular weight excluding hydrogens is 316 g/mol. The molecule has 1 saturated heterocycles. The number of nitrogens with zero attached hydrogens (tertiary/aromatic N) is 1. The summed E-state index contributed by atoms with van der Waals surface area (Å²) in [4.78, 5) is 14.6. The van der Waals surface area contributed by atoms with Crippen molar-refractivity contribution in [1.82, 2.24) is 10.2 Å². The molecule has 1 unspecified atom stereocenters. The van der Waals surface area contributed by atoms with Gasteiger partial charge < -0.3 is 19.7 Å². The first-order valence-electron chi connectivity index (χ1n) is 7.81. The number of ether oxygens (including phenoxy) is 2. The summed E-state index contributed by atoms with van der Waals surface area (Å²) in [6.45, 7) is 2.66. The molecule has 1 heterocycles. The summed E-state index contributed by atoms with van der Waals surface area (Å²) in [7, 11) is 5.21. The van der Waals surface area contributed by atoms with E-state index >= 15 is 0 Å². The zero-order valence-corrected chi connectivity index (χ0v) is 14.9. The van der Waals surface area contributed by atoms with Crippen LogP contribution in [0.4, 0.5) is 0 Å². The Morgan fingerprint density at radius 3 is 2.78 bits per heavy atom. The Labute approximate surface area is 144 Å². The molecule has 0 saturated carbocycles. The van der Waals surface area contributed by atoms with E-state index in [4.69, 9.17) is 9.47 Å². The van der Waals surface area contributed by atoms with Crippen molar-refractivity contribution in [3.8, 4) is 11.5 Å². The maximum absolute atomic E-state index is 12.6. The lowest BCUT2D eigenvalue weighted by molar-refractivity contribution is -0.132. The summed E-state index contributed by atoms with van der Waals surface area (Å²) in [6, 6.07) is 5.57. The summed E-state index contributed by atoms with van der Waals surface area (Å²) >= 11 is 0. The molecule has 0 spiro atoms. The Morgan fingerprint density at radius 1 is 1.35 bits per heavy atom. The van der Waals surface area contributed by atoms with E-state index in [1.54, 1.807) is 14.2 Å². The Balaban J connectivity index is 0.00000264. The second kappa shape index (κ2) is 9.63. The highest BCUT2D eigenvalue weighted by molar-refractivity contribution is 5.85. The van der Waals surface area contributed by atoms with Crippen LogP contribution in [0.25, 0.3) is 0 Å². The minimum absolute atomic E-state index is 0. The second-order valence-corrected chi connectivity index (χ2v) is 5.76. The van der Waals surface area contributed by atoms with Gasteiger partial charge in [0.15, 0.2) is 0 Å². The molecule has 0 radical (unpaired) electrons. The van der Waals surface area contributed by atoms with Crippen LogP contribution in [-0.2, 0) is 11.2 Å². The Kier molecular flexibility index (Phi) is 8.20. The molecule has 2 rings (SSSR count). The third-order valence-corrected chi connectivity index (χ3v) is 4.19. The molecule has 1 aliphatic heterocycles. The lowest BCUT2D eigenvalue weighted by Gasteiger charge is -2.33. The van der Waals surface area contributed by atoms with Crippen molar-refractivity contribution in [2.24, 2.45) is 5.92 Å². The van der Waals surface area contributed by atoms with E-state index < -0.39 is 0 Å². The summed E-state index contributed by atoms with van der Waals surface area (Å²) in [5.41, 5.74) is 0.877. The fourth-order valence-electron chi connectivity index (χ4n) is 3.04. The minimum Gasteiger partial charge on any atom is -0.497 e. The van der Waals surface area contributed by atoms with Crippen molar-refractivity contribution in [3.05, 3.63) is 23.8 Å². The molecule has 23 heavy (non-hydrogen) atoms. The summed E-state index contributed by atoms with van der Waals surface area (Å²) in [5, 5.41) is 3.21. The van der Waals surface area contributed by atoms with Crippen LogP contribution in [0.5, 0.6) is 11.5 Å². The van der Waals surface area contributed by atoms with Crippen LogP contribution in [0.2, 0.25) is 0 Å². The van der Waals surface area contributed by atoms with Crippen molar-refractivity contribution >= 4 is 18.3 Å². The van der Waals surface area contributed by atoms with Crippen LogP contribution in [0, 0.1) is 5.92 Å². The molecular formula is C17H27ClN2O3. The molecule has 1 N–H and O–H groups in total. The lowest BCUT2D eigenvalue weighted by atomic mass is 9.97. The number of likely N-dealkylation sites (tertiary alicyclic amines) is 1. The highest BCUT2D eigenvalue weighted by Crippen LogP contribution is 2.25. The van der Waals surface area contributed by atoms with Crippen LogP contribution in [0.15, 0.2) is 18.2 Å². The van der Waals surface area contributed by atoms with Gasteiger partial charge in [0, 0.05) is 18.7 Å². The number of hydrogen-bond donors (Lipinski definition) is 1. The number of carbonyl (C=O) groups is 1. The highest BCUT2D eigenvalue weighted by atomic mass is 35.5. The van der Waals surface area contributed by atoms with Crippen LogP contribution < -0.4 is 14.8 Å². The van der Waals surface area contributed by atoms with E-state index in [0.29, 0.717) is 12.3 Å². The van der Waals surface area contributed by atoms with Gasteiger partial charge in [-0.2, -0.15) is 0 Å². The first-order valence-corrected chi connectivity index (χ1v) is 7.81. The number of methoxy groups -OCH3 is 2. The maximum Gasteiger partial charge on any atom is 0.227 e. The normalized spacial score (nSPS) is 17.3. The zero-order valence-electron chi connectivity index (χ0n) is 14.1. The number of hydrogen-bond acceptors (Lipinski definition) is 4. The lowest BCUT2D eigenvalue weighted by Crippen LogP contribution is -2.43. The average molecular weight is 343 g/mol. The monoisotopic (exact) mass is 342 g/mol. The predicted molar refractivity (Wildman–Crippen MR) is 93.7 cm³/mol. The quantitative estimate of drug-likeness (QED) is 0.860. The van der Waals surface area contributed by atoms with Crippen molar-refractivity contribution in [1.29, 1.82) is 0 Å². The van der Waals surface area contributed by atoms with Gasteiger partial charge in [-0.25, -0.2) is 0 Å². The fraction of sp³-hybridized carbons (Fsp3) is 0.588. The van der Waals surface area contributed by atoms with Crippen LogP contribution in [0.3, 0.4) is 0 Å². The molecule has 1 amide bonds.